The molecule has 2 aromatic rings. The van der Waals surface area contributed by atoms with Gasteiger partial charge in [0.25, 0.3) is 0 Å². The molecule has 0 saturated heterocycles. The van der Waals surface area contributed by atoms with Gasteiger partial charge in [-0.15, -0.1) is 0 Å². The lowest BCUT2D eigenvalue weighted by Gasteiger charge is -2.15. The number of rotatable bonds is 9. The summed E-state index contributed by atoms with van der Waals surface area (Å²) >= 11 is 0. The summed E-state index contributed by atoms with van der Waals surface area (Å²) in [5.74, 6) is 2.91. The van der Waals surface area contributed by atoms with Gasteiger partial charge in [0.15, 0.2) is 23.3 Å². The van der Waals surface area contributed by atoms with Crippen molar-refractivity contribution in [3.8, 4) is 17.2 Å². The van der Waals surface area contributed by atoms with Crippen molar-refractivity contribution in [2.45, 2.75) is 45.8 Å². The number of guanidine groups is 1. The zero-order valence-corrected chi connectivity index (χ0v) is 17.1. The molecule has 1 aliphatic heterocycles. The summed E-state index contributed by atoms with van der Waals surface area (Å²) in [5, 5.41) is 10.2. The summed E-state index contributed by atoms with van der Waals surface area (Å²) in [6.45, 7) is 1.93. The summed E-state index contributed by atoms with van der Waals surface area (Å²) in [7, 11) is 1.62. The molecule has 30 heavy (non-hydrogen) atoms. The van der Waals surface area contributed by atoms with E-state index < -0.39 is 6.61 Å². The number of fused-ring (bicyclic) bond motifs is 1. The Kier molecular flexibility index (Phi) is 7.26. The molecule has 0 aliphatic carbocycles. The maximum absolute atomic E-state index is 12.7. The highest BCUT2D eigenvalue weighted by atomic mass is 19.3. The van der Waals surface area contributed by atoms with Crippen molar-refractivity contribution in [3.63, 3.8) is 0 Å². The van der Waals surface area contributed by atoms with E-state index in [9.17, 15) is 8.78 Å². The van der Waals surface area contributed by atoms with Crippen molar-refractivity contribution in [1.29, 1.82) is 0 Å². The molecular formula is C19H25F2N5O4. The van der Waals surface area contributed by atoms with Crippen LogP contribution in [-0.2, 0) is 13.0 Å². The van der Waals surface area contributed by atoms with Crippen LogP contribution in [-0.4, -0.2) is 43.1 Å². The van der Waals surface area contributed by atoms with Gasteiger partial charge in [-0.2, -0.15) is 13.8 Å². The Morgan fingerprint density at radius 1 is 1.23 bits per heavy atom. The number of ether oxygens (including phenoxy) is 3. The van der Waals surface area contributed by atoms with Crippen LogP contribution in [0.25, 0.3) is 0 Å². The van der Waals surface area contributed by atoms with Gasteiger partial charge in [0.2, 0.25) is 12.7 Å². The first-order valence-electron chi connectivity index (χ1n) is 9.60. The number of hydrogen-bond donors (Lipinski definition) is 2. The minimum atomic E-state index is -2.94. The molecule has 0 fully saturated rings. The number of nitrogens with zero attached hydrogens (tertiary/aromatic N) is 3. The van der Waals surface area contributed by atoms with Gasteiger partial charge in [0.05, 0.1) is 0 Å². The highest BCUT2D eigenvalue weighted by Crippen LogP contribution is 2.38. The monoisotopic (exact) mass is 425 g/mol. The van der Waals surface area contributed by atoms with Gasteiger partial charge in [-0.3, -0.25) is 4.99 Å². The van der Waals surface area contributed by atoms with Crippen LogP contribution in [0.15, 0.2) is 21.6 Å². The summed E-state index contributed by atoms with van der Waals surface area (Å²) in [6.07, 6.45) is 1.39. The minimum Gasteiger partial charge on any atom is -0.454 e. The fraction of sp³-hybridized carbons (Fsp3) is 0.526. The number of hydrogen-bond acceptors (Lipinski definition) is 7. The van der Waals surface area contributed by atoms with Crippen molar-refractivity contribution in [3.05, 3.63) is 29.4 Å². The van der Waals surface area contributed by atoms with Crippen molar-refractivity contribution in [2.24, 2.45) is 4.99 Å². The van der Waals surface area contributed by atoms with Gasteiger partial charge >= 0.3 is 6.61 Å². The van der Waals surface area contributed by atoms with Crippen LogP contribution in [0.5, 0.6) is 17.2 Å². The summed E-state index contributed by atoms with van der Waals surface area (Å²) in [4.78, 5) is 8.47. The van der Waals surface area contributed by atoms with Crippen LogP contribution in [0.1, 0.15) is 43.5 Å². The SMILES string of the molecule is CN=C(NCCCc1nc(C(C)C)no1)NCc1cc2c(cc1OC(F)F)OCO2. The van der Waals surface area contributed by atoms with Crippen molar-refractivity contribution < 1.29 is 27.5 Å². The highest BCUT2D eigenvalue weighted by molar-refractivity contribution is 5.79. The Morgan fingerprint density at radius 2 is 2.00 bits per heavy atom. The van der Waals surface area contributed by atoms with Gasteiger partial charge in [-0.1, -0.05) is 19.0 Å². The molecule has 0 saturated carbocycles. The number of aryl methyl sites for hydroxylation is 1. The van der Waals surface area contributed by atoms with E-state index in [4.69, 9.17) is 14.0 Å². The molecule has 2 heterocycles. The molecule has 0 radical (unpaired) electrons. The number of nitrogens with one attached hydrogen (secondary N) is 2. The third-order valence-electron chi connectivity index (χ3n) is 4.30. The Hall–Kier alpha value is -3.11. The number of benzene rings is 1. The highest BCUT2D eigenvalue weighted by Gasteiger charge is 2.20. The van der Waals surface area contributed by atoms with E-state index in [0.29, 0.717) is 47.7 Å². The first kappa shape index (κ1) is 21.6. The molecule has 0 amide bonds. The third-order valence-corrected chi connectivity index (χ3v) is 4.30. The largest absolute Gasteiger partial charge is 0.454 e. The van der Waals surface area contributed by atoms with Crippen LogP contribution < -0.4 is 24.8 Å². The molecule has 1 aromatic carbocycles. The Balaban J connectivity index is 1.50. The standard InChI is InChI=1S/C19H25F2N5O4/c1-11(2)17-25-16(30-26-17)5-4-6-23-19(22-3)24-9-12-7-14-15(28-10-27-14)8-13(12)29-18(20)21/h7-8,11,18H,4-6,9-10H2,1-3H3,(H2,22,23,24). The second-order valence-electron chi connectivity index (χ2n) is 6.85. The Labute approximate surface area is 172 Å². The molecule has 0 atom stereocenters. The van der Waals surface area contributed by atoms with E-state index in [1.165, 1.54) is 6.07 Å². The molecule has 0 bridgehead atoms. The number of halogens is 2. The predicted molar refractivity (Wildman–Crippen MR) is 104 cm³/mol. The Bertz CT molecular complexity index is 873. The average Bonchev–Trinajstić information content (AvgIpc) is 3.36. The molecule has 0 unspecified atom stereocenters. The van der Waals surface area contributed by atoms with E-state index >= 15 is 0 Å². The summed E-state index contributed by atoms with van der Waals surface area (Å²) < 4.78 is 45.8. The Morgan fingerprint density at radius 3 is 2.67 bits per heavy atom. The molecule has 11 heteroatoms. The quantitative estimate of drug-likeness (QED) is 0.359. The van der Waals surface area contributed by atoms with E-state index in [0.717, 1.165) is 6.42 Å². The molecule has 164 valence electrons. The van der Waals surface area contributed by atoms with Gasteiger partial charge in [-0.25, -0.2) is 0 Å². The topological polar surface area (TPSA) is 103 Å². The zero-order chi connectivity index (χ0) is 21.5. The first-order chi connectivity index (χ1) is 14.5. The van der Waals surface area contributed by atoms with Crippen molar-refractivity contribution in [1.82, 2.24) is 20.8 Å². The molecule has 9 nitrogen and oxygen atoms in total. The third kappa shape index (κ3) is 5.71. The average molecular weight is 425 g/mol. The zero-order valence-electron chi connectivity index (χ0n) is 17.1. The fourth-order valence-electron chi connectivity index (χ4n) is 2.76. The lowest BCUT2D eigenvalue weighted by atomic mass is 10.1. The second kappa shape index (κ2) is 10.1. The van der Waals surface area contributed by atoms with Crippen LogP contribution in [0.3, 0.4) is 0 Å². The minimum absolute atomic E-state index is 0.0227. The predicted octanol–water partition coefficient (Wildman–Crippen LogP) is 2.82. The lowest BCUT2D eigenvalue weighted by molar-refractivity contribution is -0.0505. The number of aliphatic imine (C=N–C) groups is 1. The summed E-state index contributed by atoms with van der Waals surface area (Å²) in [5.41, 5.74) is 0.495. The summed E-state index contributed by atoms with van der Waals surface area (Å²) in [6, 6.07) is 3.01. The number of aromatic nitrogens is 2. The maximum atomic E-state index is 12.7. The van der Waals surface area contributed by atoms with Crippen LogP contribution in [0.4, 0.5) is 8.78 Å². The van der Waals surface area contributed by atoms with Crippen LogP contribution >= 0.6 is 0 Å². The smallest absolute Gasteiger partial charge is 0.387 e. The fourth-order valence-corrected chi connectivity index (χ4v) is 2.76. The van der Waals surface area contributed by atoms with Gasteiger partial charge in [0, 0.05) is 44.1 Å². The lowest BCUT2D eigenvalue weighted by Crippen LogP contribution is -2.37. The first-order valence-corrected chi connectivity index (χ1v) is 9.60. The second-order valence-corrected chi connectivity index (χ2v) is 6.85. The number of alkyl halides is 2. The normalized spacial score (nSPS) is 13.2. The van der Waals surface area contributed by atoms with Gasteiger partial charge < -0.3 is 29.4 Å². The molecule has 2 N–H and O–H groups in total. The maximum Gasteiger partial charge on any atom is 0.387 e. The molecule has 1 aliphatic rings. The van der Waals surface area contributed by atoms with E-state index in [1.54, 1.807) is 13.1 Å². The van der Waals surface area contributed by atoms with Crippen molar-refractivity contribution >= 4 is 5.96 Å². The van der Waals surface area contributed by atoms with Gasteiger partial charge in [-0.05, 0) is 12.5 Å². The molecule has 3 rings (SSSR count). The van der Waals surface area contributed by atoms with Crippen molar-refractivity contribution in [2.75, 3.05) is 20.4 Å². The van der Waals surface area contributed by atoms with E-state index in [1.807, 2.05) is 13.8 Å². The van der Waals surface area contributed by atoms with E-state index in [-0.39, 0.29) is 25.0 Å². The van der Waals surface area contributed by atoms with E-state index in [2.05, 4.69) is 30.5 Å². The van der Waals surface area contributed by atoms with Crippen LogP contribution in [0.2, 0.25) is 0 Å². The van der Waals surface area contributed by atoms with Crippen LogP contribution in [0, 0.1) is 0 Å². The molecular weight excluding hydrogens is 400 g/mol. The molecule has 1 aromatic heterocycles. The van der Waals surface area contributed by atoms with Gasteiger partial charge in [0.1, 0.15) is 5.75 Å². The molecule has 0 spiro atoms.